The Balaban J connectivity index is 2.57. The highest BCUT2D eigenvalue weighted by Gasteiger charge is 2.34. The smallest absolute Gasteiger partial charge is 0.338 e. The second-order valence-corrected chi connectivity index (χ2v) is 6.01. The van der Waals surface area contributed by atoms with Crippen LogP contribution in [-0.4, -0.2) is 51.4 Å². The summed E-state index contributed by atoms with van der Waals surface area (Å²) in [6.07, 6.45) is -4.10. The number of hydrogen-bond acceptors (Lipinski definition) is 6. The van der Waals surface area contributed by atoms with E-state index in [9.17, 15) is 24.6 Å². The number of aliphatic hydroxyl groups excluding tert-OH is 2. The fraction of sp³-hybridized carbons (Fsp3) is 0.471. The van der Waals surface area contributed by atoms with Gasteiger partial charge in [0, 0.05) is 0 Å². The Bertz CT molecular complexity index is 588. The molecule has 8 nitrogen and oxygen atoms in total. The van der Waals surface area contributed by atoms with E-state index in [1.54, 1.807) is 44.2 Å². The Morgan fingerprint density at radius 1 is 1.08 bits per heavy atom. The molecule has 0 aliphatic heterocycles. The summed E-state index contributed by atoms with van der Waals surface area (Å²) in [6, 6.07) is 7.43. The molecule has 0 radical (unpaired) electrons. The molecule has 1 rings (SSSR count). The predicted molar refractivity (Wildman–Crippen MR) is 87.3 cm³/mol. The number of benzene rings is 1. The third kappa shape index (κ3) is 6.90. The van der Waals surface area contributed by atoms with Gasteiger partial charge in [0.25, 0.3) is 5.91 Å². The molecule has 0 saturated heterocycles. The Kier molecular flexibility index (Phi) is 8.03. The summed E-state index contributed by atoms with van der Waals surface area (Å²) in [5, 5.41) is 30.7. The van der Waals surface area contributed by atoms with Crippen molar-refractivity contribution in [3.05, 3.63) is 35.9 Å². The highest BCUT2D eigenvalue weighted by Crippen LogP contribution is 2.07. The van der Waals surface area contributed by atoms with Crippen LogP contribution in [0.5, 0.6) is 0 Å². The Hall–Kier alpha value is -2.45. The predicted octanol–water partition coefficient (Wildman–Crippen LogP) is 0.0671. The summed E-state index contributed by atoms with van der Waals surface area (Å²) in [4.78, 5) is 34.7. The summed E-state index contributed by atoms with van der Waals surface area (Å²) < 4.78 is 4.83. The van der Waals surface area contributed by atoms with Crippen molar-refractivity contribution in [2.24, 2.45) is 5.92 Å². The van der Waals surface area contributed by atoms with E-state index in [0.717, 1.165) is 0 Å². The third-order valence-corrected chi connectivity index (χ3v) is 3.35. The van der Waals surface area contributed by atoms with Gasteiger partial charge < -0.3 is 25.4 Å². The highest BCUT2D eigenvalue weighted by molar-refractivity contribution is 5.90. The van der Waals surface area contributed by atoms with Crippen LogP contribution in [0.15, 0.2) is 30.3 Å². The first-order valence-corrected chi connectivity index (χ1v) is 7.82. The maximum absolute atomic E-state index is 11.9. The largest absolute Gasteiger partial charge is 0.480 e. The molecule has 8 heteroatoms. The molecule has 0 spiro atoms. The van der Waals surface area contributed by atoms with Crippen LogP contribution >= 0.6 is 0 Å². The number of amides is 1. The lowest BCUT2D eigenvalue weighted by Crippen LogP contribution is -2.51. The molecule has 138 valence electrons. The molecule has 0 aliphatic rings. The monoisotopic (exact) mass is 353 g/mol. The fourth-order valence-corrected chi connectivity index (χ4v) is 2.04. The van der Waals surface area contributed by atoms with Crippen LogP contribution in [0.2, 0.25) is 0 Å². The molecule has 1 aromatic rings. The molecular formula is C17H23NO7. The molecule has 0 fully saturated rings. The van der Waals surface area contributed by atoms with Crippen molar-refractivity contribution >= 4 is 17.8 Å². The molecule has 0 saturated carbocycles. The zero-order valence-corrected chi connectivity index (χ0v) is 14.1. The van der Waals surface area contributed by atoms with Crippen molar-refractivity contribution in [1.29, 1.82) is 0 Å². The van der Waals surface area contributed by atoms with E-state index in [0.29, 0.717) is 5.56 Å². The fourth-order valence-electron chi connectivity index (χ4n) is 2.04. The lowest BCUT2D eigenvalue weighted by molar-refractivity contribution is -0.165. The number of carboxylic acids is 1. The van der Waals surface area contributed by atoms with Crippen LogP contribution in [0.4, 0.5) is 0 Å². The van der Waals surface area contributed by atoms with Gasteiger partial charge in [0.2, 0.25) is 0 Å². The Labute approximate surface area is 145 Å². The van der Waals surface area contributed by atoms with Crippen molar-refractivity contribution in [1.82, 2.24) is 5.32 Å². The van der Waals surface area contributed by atoms with E-state index in [4.69, 9.17) is 9.84 Å². The third-order valence-electron chi connectivity index (χ3n) is 3.35. The number of rotatable bonds is 9. The lowest BCUT2D eigenvalue weighted by atomic mass is 10.0. The Morgan fingerprint density at radius 3 is 2.20 bits per heavy atom. The second-order valence-electron chi connectivity index (χ2n) is 6.01. The number of aliphatic hydroxyl groups is 2. The number of esters is 1. The van der Waals surface area contributed by atoms with Gasteiger partial charge in [-0.05, 0) is 17.9 Å². The number of hydrogen-bond donors (Lipinski definition) is 4. The van der Waals surface area contributed by atoms with E-state index in [2.05, 4.69) is 5.32 Å². The van der Waals surface area contributed by atoms with E-state index < -0.39 is 36.1 Å². The van der Waals surface area contributed by atoms with E-state index in [1.807, 2.05) is 0 Å². The Morgan fingerprint density at radius 2 is 1.68 bits per heavy atom. The lowest BCUT2D eigenvalue weighted by Gasteiger charge is -2.20. The molecule has 4 N–H and O–H groups in total. The highest BCUT2D eigenvalue weighted by atomic mass is 16.5. The molecule has 1 amide bonds. The van der Waals surface area contributed by atoms with Crippen LogP contribution < -0.4 is 5.32 Å². The van der Waals surface area contributed by atoms with Crippen molar-refractivity contribution in [2.45, 2.75) is 45.1 Å². The first-order valence-electron chi connectivity index (χ1n) is 7.82. The van der Waals surface area contributed by atoms with Gasteiger partial charge in [-0.2, -0.15) is 0 Å². The van der Waals surface area contributed by atoms with Crippen molar-refractivity contribution in [3.63, 3.8) is 0 Å². The van der Waals surface area contributed by atoms with E-state index >= 15 is 0 Å². The zero-order valence-electron chi connectivity index (χ0n) is 14.1. The number of nitrogens with one attached hydrogen (secondary N) is 1. The average molecular weight is 353 g/mol. The zero-order chi connectivity index (χ0) is 19.0. The van der Waals surface area contributed by atoms with Crippen molar-refractivity contribution < 1.29 is 34.4 Å². The molecule has 2 unspecified atom stereocenters. The molecule has 1 aromatic carbocycles. The number of carbonyl (C=O) groups is 3. The number of carbonyl (C=O) groups excluding carboxylic acids is 2. The minimum atomic E-state index is -2.13. The van der Waals surface area contributed by atoms with Gasteiger partial charge in [0.1, 0.15) is 12.6 Å². The summed E-state index contributed by atoms with van der Waals surface area (Å²) in [7, 11) is 0. The summed E-state index contributed by atoms with van der Waals surface area (Å²) in [6.45, 7) is 3.42. The number of ether oxygens (including phenoxy) is 1. The van der Waals surface area contributed by atoms with Gasteiger partial charge in [-0.15, -0.1) is 0 Å². The topological polar surface area (TPSA) is 133 Å². The summed E-state index contributed by atoms with van der Waals surface area (Å²) >= 11 is 0. The van der Waals surface area contributed by atoms with Gasteiger partial charge in [-0.3, -0.25) is 4.79 Å². The van der Waals surface area contributed by atoms with Crippen LogP contribution in [-0.2, 0) is 25.7 Å². The van der Waals surface area contributed by atoms with Gasteiger partial charge in [0.05, 0.1) is 0 Å². The average Bonchev–Trinajstić information content (AvgIpc) is 2.58. The van der Waals surface area contributed by atoms with Crippen molar-refractivity contribution in [3.8, 4) is 0 Å². The SMILES string of the molecule is CC(C)C[C@H](NC(=O)C(O)C(O)C(=O)OCc1ccccc1)C(=O)O. The molecule has 3 atom stereocenters. The minimum absolute atomic E-state index is 0.0145. The molecule has 0 bridgehead atoms. The molecule has 0 aromatic heterocycles. The number of aliphatic carboxylic acids is 1. The maximum atomic E-state index is 11.9. The first-order chi connectivity index (χ1) is 11.7. The molecular weight excluding hydrogens is 330 g/mol. The van der Waals surface area contributed by atoms with Gasteiger partial charge in [-0.25, -0.2) is 9.59 Å². The first kappa shape index (κ1) is 20.6. The van der Waals surface area contributed by atoms with Crippen LogP contribution in [0, 0.1) is 5.92 Å². The molecule has 0 aliphatic carbocycles. The van der Waals surface area contributed by atoms with Gasteiger partial charge in [-0.1, -0.05) is 44.2 Å². The summed E-state index contributed by atoms with van der Waals surface area (Å²) in [5.41, 5.74) is 0.671. The number of carboxylic acid groups (broad SMARTS) is 1. The molecule has 25 heavy (non-hydrogen) atoms. The maximum Gasteiger partial charge on any atom is 0.338 e. The van der Waals surface area contributed by atoms with Gasteiger partial charge in [0.15, 0.2) is 12.2 Å². The van der Waals surface area contributed by atoms with Crippen molar-refractivity contribution in [2.75, 3.05) is 0 Å². The standard InChI is InChI=1S/C17H23NO7/c1-10(2)8-12(16(22)23)18-15(21)13(19)14(20)17(24)25-9-11-6-4-3-5-7-11/h3-7,10,12-14,19-20H,8-9H2,1-2H3,(H,18,21)(H,22,23)/t12-,13?,14?/m0/s1. The van der Waals surface area contributed by atoms with Crippen LogP contribution in [0.3, 0.4) is 0 Å². The quantitative estimate of drug-likeness (QED) is 0.462. The van der Waals surface area contributed by atoms with Crippen LogP contribution in [0.1, 0.15) is 25.8 Å². The van der Waals surface area contributed by atoms with E-state index in [1.165, 1.54) is 0 Å². The van der Waals surface area contributed by atoms with Crippen LogP contribution in [0.25, 0.3) is 0 Å². The summed E-state index contributed by atoms with van der Waals surface area (Å²) in [5.74, 6) is -3.62. The normalized spacial score (nSPS) is 14.4. The van der Waals surface area contributed by atoms with E-state index in [-0.39, 0.29) is 18.9 Å². The minimum Gasteiger partial charge on any atom is -0.480 e. The molecule has 0 heterocycles. The second kappa shape index (κ2) is 9.75. The van der Waals surface area contributed by atoms with Gasteiger partial charge >= 0.3 is 11.9 Å².